The minimum absolute atomic E-state index is 0.0646. The van der Waals surface area contributed by atoms with Crippen molar-refractivity contribution in [2.75, 3.05) is 11.5 Å². The fourth-order valence-electron chi connectivity index (χ4n) is 4.61. The highest BCUT2D eigenvalue weighted by molar-refractivity contribution is 6.11. The summed E-state index contributed by atoms with van der Waals surface area (Å²) in [5.41, 5.74) is 2.61. The molecule has 8 heteroatoms. The molecule has 0 radical (unpaired) electrons. The molecule has 1 spiro atoms. The van der Waals surface area contributed by atoms with Crippen LogP contribution in [0, 0.1) is 6.92 Å². The van der Waals surface area contributed by atoms with Gasteiger partial charge in [-0.25, -0.2) is 0 Å². The Bertz CT molecular complexity index is 1260. The summed E-state index contributed by atoms with van der Waals surface area (Å²) in [4.78, 5) is 20.0. The highest BCUT2D eigenvalue weighted by atomic mass is 19.3. The van der Waals surface area contributed by atoms with Crippen molar-refractivity contribution >= 4 is 11.6 Å². The third kappa shape index (κ3) is 2.41. The van der Waals surface area contributed by atoms with Gasteiger partial charge in [0.25, 0.3) is 0 Å². The first kappa shape index (κ1) is 18.1. The first-order chi connectivity index (χ1) is 14.9. The molecule has 2 aromatic carbocycles. The molecule has 0 bridgehead atoms. The number of pyridine rings is 1. The van der Waals surface area contributed by atoms with Gasteiger partial charge in [-0.3, -0.25) is 9.78 Å². The molecular formula is C23H16F2N2O4. The van der Waals surface area contributed by atoms with Crippen LogP contribution in [0.15, 0.2) is 54.7 Å². The highest BCUT2D eigenvalue weighted by Crippen LogP contribution is 2.56. The largest absolute Gasteiger partial charge is 0.586 e. The van der Waals surface area contributed by atoms with E-state index in [1.165, 1.54) is 12.1 Å². The number of aryl methyl sites for hydroxylation is 1. The minimum Gasteiger partial charge on any atom is -0.491 e. The zero-order valence-corrected chi connectivity index (χ0v) is 16.4. The van der Waals surface area contributed by atoms with Gasteiger partial charge in [0, 0.05) is 23.5 Å². The molecule has 0 N–H and O–H groups in total. The molecule has 3 aliphatic heterocycles. The van der Waals surface area contributed by atoms with Crippen LogP contribution in [-0.2, 0) is 16.8 Å². The van der Waals surface area contributed by atoms with E-state index in [1.807, 2.05) is 43.3 Å². The predicted molar refractivity (Wildman–Crippen MR) is 106 cm³/mol. The second-order valence-electron chi connectivity index (χ2n) is 7.83. The number of nitrogens with zero attached hydrogens (tertiary/aromatic N) is 2. The first-order valence-electron chi connectivity index (χ1n) is 9.78. The number of carbonyl (C=O) groups excluding carboxylic acids is 1. The van der Waals surface area contributed by atoms with Gasteiger partial charge in [-0.1, -0.05) is 24.3 Å². The molecule has 6 nitrogen and oxygen atoms in total. The number of hydrogen-bond acceptors (Lipinski definition) is 5. The summed E-state index contributed by atoms with van der Waals surface area (Å²) in [5.74, 6) is -0.0828. The van der Waals surface area contributed by atoms with Crippen LogP contribution in [0.4, 0.5) is 14.5 Å². The Morgan fingerprint density at radius 2 is 1.81 bits per heavy atom. The van der Waals surface area contributed by atoms with Gasteiger partial charge in [-0.15, -0.1) is 8.78 Å². The average molecular weight is 422 g/mol. The molecule has 3 aliphatic rings. The topological polar surface area (TPSA) is 60.9 Å². The summed E-state index contributed by atoms with van der Waals surface area (Å²) in [7, 11) is 0. The number of alkyl halides is 2. The quantitative estimate of drug-likeness (QED) is 0.626. The average Bonchev–Trinajstić information content (AvgIpc) is 3.33. The van der Waals surface area contributed by atoms with Gasteiger partial charge in [-0.2, -0.15) is 0 Å². The molecule has 6 rings (SSSR count). The number of ether oxygens (including phenoxy) is 3. The van der Waals surface area contributed by atoms with Crippen molar-refractivity contribution in [3.63, 3.8) is 0 Å². The van der Waals surface area contributed by atoms with E-state index in [0.29, 0.717) is 17.9 Å². The SMILES string of the molecule is Cc1cccnc1CN1C(=O)C2(COc3cc4c(cc32)OC(F)(F)O4)c2ccccc21. The van der Waals surface area contributed by atoms with Crippen LogP contribution >= 0.6 is 0 Å². The van der Waals surface area contributed by atoms with Crippen LogP contribution in [0.2, 0.25) is 0 Å². The number of para-hydroxylation sites is 1. The molecule has 1 amide bonds. The number of benzene rings is 2. The lowest BCUT2D eigenvalue weighted by Crippen LogP contribution is -2.42. The third-order valence-electron chi connectivity index (χ3n) is 6.10. The van der Waals surface area contributed by atoms with Crippen molar-refractivity contribution in [3.8, 4) is 17.2 Å². The molecule has 1 unspecified atom stereocenters. The van der Waals surface area contributed by atoms with Crippen LogP contribution < -0.4 is 19.1 Å². The zero-order valence-electron chi connectivity index (χ0n) is 16.4. The summed E-state index contributed by atoms with van der Waals surface area (Å²) in [6.45, 7) is 2.30. The maximum atomic E-state index is 13.9. The second-order valence-corrected chi connectivity index (χ2v) is 7.83. The van der Waals surface area contributed by atoms with Crippen molar-refractivity contribution in [1.29, 1.82) is 0 Å². The number of anilines is 1. The lowest BCUT2D eigenvalue weighted by Gasteiger charge is -2.23. The number of halogens is 2. The second kappa shape index (κ2) is 5.94. The Kier molecular flexibility index (Phi) is 3.47. The normalized spacial score (nSPS) is 21.9. The van der Waals surface area contributed by atoms with Crippen molar-refractivity contribution in [3.05, 3.63) is 77.1 Å². The van der Waals surface area contributed by atoms with Crippen LogP contribution in [-0.4, -0.2) is 23.8 Å². The van der Waals surface area contributed by atoms with Crippen LogP contribution in [0.5, 0.6) is 17.2 Å². The Balaban J connectivity index is 1.49. The lowest BCUT2D eigenvalue weighted by molar-refractivity contribution is -0.286. The maximum Gasteiger partial charge on any atom is 0.586 e. The minimum atomic E-state index is -3.75. The van der Waals surface area contributed by atoms with Gasteiger partial charge in [0.1, 0.15) is 17.8 Å². The van der Waals surface area contributed by atoms with Gasteiger partial charge in [0.15, 0.2) is 11.5 Å². The predicted octanol–water partition coefficient (Wildman–Crippen LogP) is 3.94. The number of aromatic nitrogens is 1. The van der Waals surface area contributed by atoms with E-state index >= 15 is 0 Å². The van der Waals surface area contributed by atoms with Gasteiger partial charge in [0.2, 0.25) is 5.91 Å². The molecular weight excluding hydrogens is 406 g/mol. The number of rotatable bonds is 2. The van der Waals surface area contributed by atoms with E-state index in [2.05, 4.69) is 14.5 Å². The van der Waals surface area contributed by atoms with Gasteiger partial charge < -0.3 is 19.1 Å². The molecule has 3 aromatic rings. The van der Waals surface area contributed by atoms with E-state index in [0.717, 1.165) is 22.5 Å². The van der Waals surface area contributed by atoms with E-state index < -0.39 is 11.7 Å². The van der Waals surface area contributed by atoms with Crippen molar-refractivity contribution in [2.24, 2.45) is 0 Å². The van der Waals surface area contributed by atoms with E-state index in [4.69, 9.17) is 4.74 Å². The van der Waals surface area contributed by atoms with E-state index in [9.17, 15) is 13.6 Å². The molecule has 0 saturated carbocycles. The Morgan fingerprint density at radius 3 is 2.61 bits per heavy atom. The van der Waals surface area contributed by atoms with E-state index in [1.54, 1.807) is 11.1 Å². The molecule has 1 atom stereocenters. The molecule has 0 saturated heterocycles. The maximum absolute atomic E-state index is 13.9. The van der Waals surface area contributed by atoms with Crippen molar-refractivity contribution in [1.82, 2.24) is 4.98 Å². The summed E-state index contributed by atoms with van der Waals surface area (Å²) in [6, 6.07) is 14.0. The third-order valence-corrected chi connectivity index (χ3v) is 6.10. The molecule has 1 aromatic heterocycles. The molecule has 0 aliphatic carbocycles. The Labute approximate surface area is 176 Å². The van der Waals surface area contributed by atoms with Crippen molar-refractivity contribution < 1.29 is 27.8 Å². The van der Waals surface area contributed by atoms with Crippen LogP contribution in [0.3, 0.4) is 0 Å². The smallest absolute Gasteiger partial charge is 0.491 e. The monoisotopic (exact) mass is 422 g/mol. The van der Waals surface area contributed by atoms with Gasteiger partial charge in [0.05, 0.1) is 12.2 Å². The molecule has 4 heterocycles. The molecule has 0 fully saturated rings. The van der Waals surface area contributed by atoms with Crippen LogP contribution in [0.1, 0.15) is 22.4 Å². The fourth-order valence-corrected chi connectivity index (χ4v) is 4.61. The number of fused-ring (bicyclic) bond motifs is 5. The highest BCUT2D eigenvalue weighted by Gasteiger charge is 2.58. The first-order valence-corrected chi connectivity index (χ1v) is 9.78. The van der Waals surface area contributed by atoms with Crippen LogP contribution in [0.25, 0.3) is 0 Å². The summed E-state index contributed by atoms with van der Waals surface area (Å²) in [5, 5.41) is 0. The summed E-state index contributed by atoms with van der Waals surface area (Å²) < 4.78 is 42.2. The molecule has 156 valence electrons. The summed E-state index contributed by atoms with van der Waals surface area (Å²) >= 11 is 0. The zero-order chi connectivity index (χ0) is 21.4. The fraction of sp³-hybridized carbons (Fsp3) is 0.217. The number of amides is 1. The number of carbonyl (C=O) groups is 1. The number of hydrogen-bond donors (Lipinski definition) is 0. The lowest BCUT2D eigenvalue weighted by atomic mass is 9.77. The molecule has 31 heavy (non-hydrogen) atoms. The van der Waals surface area contributed by atoms with E-state index in [-0.39, 0.29) is 24.0 Å². The van der Waals surface area contributed by atoms with Gasteiger partial charge in [-0.05, 0) is 36.2 Å². The Morgan fingerprint density at radius 1 is 1.03 bits per heavy atom. The summed E-state index contributed by atoms with van der Waals surface area (Å²) in [6.07, 6.45) is -2.05. The standard InChI is InChI=1S/C23H16F2N2O4/c1-13-5-4-8-26-16(13)11-27-17-7-3-2-6-14(17)22(21(27)28)12-29-18-10-20-19(9-15(18)22)30-23(24,25)31-20/h2-10H,11-12H2,1H3. The van der Waals surface area contributed by atoms with Gasteiger partial charge >= 0.3 is 6.29 Å². The Hall–Kier alpha value is -3.68. The van der Waals surface area contributed by atoms with Crippen molar-refractivity contribution in [2.45, 2.75) is 25.2 Å².